The first-order chi connectivity index (χ1) is 17.7. The molecule has 3 aromatic rings. The quantitative estimate of drug-likeness (QED) is 0.481. The van der Waals surface area contributed by atoms with E-state index in [2.05, 4.69) is 4.98 Å². The molecule has 3 amide bonds. The first-order valence-electron chi connectivity index (χ1n) is 12.0. The normalized spacial score (nSPS) is 13.5. The summed E-state index contributed by atoms with van der Waals surface area (Å²) in [4.78, 5) is 46.9. The molecule has 4 rings (SSSR count). The highest BCUT2D eigenvalue weighted by atomic mass is 35.5. The van der Waals surface area contributed by atoms with Gasteiger partial charge in [-0.25, -0.2) is 14.2 Å². The smallest absolute Gasteiger partial charge is 0.409 e. The maximum absolute atomic E-state index is 14.3. The number of rotatable bonds is 5. The molecule has 0 atom stereocenters. The molecule has 1 aromatic heterocycles. The molecule has 1 saturated heterocycles. The molecule has 1 fully saturated rings. The second-order valence-corrected chi connectivity index (χ2v) is 9.42. The lowest BCUT2D eigenvalue weighted by atomic mass is 10.0. The zero-order valence-electron chi connectivity index (χ0n) is 21.0. The predicted octanol–water partition coefficient (Wildman–Crippen LogP) is 4.70. The molecular weight excluding hydrogens is 499 g/mol. The number of halogens is 2. The highest BCUT2D eigenvalue weighted by Crippen LogP contribution is 2.30. The number of aromatic nitrogens is 1. The maximum Gasteiger partial charge on any atom is 0.409 e. The number of benzene rings is 2. The third-order valence-electron chi connectivity index (χ3n) is 6.16. The number of hydrogen-bond donors (Lipinski definition) is 0. The number of nitrogens with zero attached hydrogens (tertiary/aromatic N) is 4. The summed E-state index contributed by atoms with van der Waals surface area (Å²) < 4.78 is 19.5. The van der Waals surface area contributed by atoms with Gasteiger partial charge >= 0.3 is 6.09 Å². The topological polar surface area (TPSA) is 83.0 Å². The largest absolute Gasteiger partial charge is 0.449 e. The summed E-state index contributed by atoms with van der Waals surface area (Å²) in [6, 6.07) is 11.0. The van der Waals surface area contributed by atoms with Gasteiger partial charge in [-0.05, 0) is 42.8 Å². The van der Waals surface area contributed by atoms with Gasteiger partial charge in [0.1, 0.15) is 5.82 Å². The van der Waals surface area contributed by atoms with Crippen molar-refractivity contribution >= 4 is 40.4 Å². The minimum absolute atomic E-state index is 0.0674. The summed E-state index contributed by atoms with van der Waals surface area (Å²) in [5, 5.41) is 1.08. The van der Waals surface area contributed by atoms with E-state index >= 15 is 0 Å². The van der Waals surface area contributed by atoms with Crippen LogP contribution in [-0.2, 0) is 4.74 Å². The fraction of sp³-hybridized carbons (Fsp3) is 0.333. The summed E-state index contributed by atoms with van der Waals surface area (Å²) in [5.74, 6) is -1.26. The molecule has 0 spiro atoms. The van der Waals surface area contributed by atoms with E-state index < -0.39 is 11.7 Å². The third kappa shape index (κ3) is 5.67. The van der Waals surface area contributed by atoms with Gasteiger partial charge in [-0.2, -0.15) is 0 Å². The van der Waals surface area contributed by atoms with Crippen LogP contribution in [0.15, 0.2) is 42.5 Å². The Kier molecular flexibility index (Phi) is 7.92. The number of pyridine rings is 1. The van der Waals surface area contributed by atoms with E-state index in [1.54, 1.807) is 48.2 Å². The van der Waals surface area contributed by atoms with Gasteiger partial charge in [0.25, 0.3) is 11.8 Å². The summed E-state index contributed by atoms with van der Waals surface area (Å²) in [5.41, 5.74) is 1.85. The van der Waals surface area contributed by atoms with Gasteiger partial charge in [0.05, 0.1) is 28.4 Å². The molecule has 2 heterocycles. The van der Waals surface area contributed by atoms with Gasteiger partial charge in [-0.15, -0.1) is 0 Å². The van der Waals surface area contributed by atoms with Crippen LogP contribution in [0.1, 0.15) is 34.1 Å². The number of carbonyl (C=O) groups is 3. The van der Waals surface area contributed by atoms with Crippen LogP contribution in [0.25, 0.3) is 22.2 Å². The van der Waals surface area contributed by atoms with Crippen LogP contribution < -0.4 is 0 Å². The van der Waals surface area contributed by atoms with Crippen LogP contribution in [0.4, 0.5) is 9.18 Å². The summed E-state index contributed by atoms with van der Waals surface area (Å²) in [6.45, 7) is 3.89. The first-order valence-corrected chi connectivity index (χ1v) is 12.4. The monoisotopic (exact) mass is 526 g/mol. The van der Waals surface area contributed by atoms with Crippen LogP contribution in [0.3, 0.4) is 0 Å². The van der Waals surface area contributed by atoms with E-state index in [1.807, 2.05) is 6.92 Å². The molecule has 194 valence electrons. The molecule has 1 aliphatic rings. The second kappa shape index (κ2) is 11.1. The second-order valence-electron chi connectivity index (χ2n) is 9.01. The molecule has 8 nitrogen and oxygen atoms in total. The molecule has 2 aromatic carbocycles. The number of carbonyl (C=O) groups excluding carboxylic acids is 3. The van der Waals surface area contributed by atoms with Crippen molar-refractivity contribution in [2.24, 2.45) is 0 Å². The number of hydrogen-bond acceptors (Lipinski definition) is 5. The summed E-state index contributed by atoms with van der Waals surface area (Å²) in [7, 11) is 3.10. The van der Waals surface area contributed by atoms with E-state index in [0.717, 1.165) is 6.42 Å². The lowest BCUT2D eigenvalue weighted by Crippen LogP contribution is -2.50. The molecule has 37 heavy (non-hydrogen) atoms. The third-order valence-corrected chi connectivity index (χ3v) is 6.47. The fourth-order valence-corrected chi connectivity index (χ4v) is 4.37. The van der Waals surface area contributed by atoms with Crippen LogP contribution in [0.5, 0.6) is 0 Å². The van der Waals surface area contributed by atoms with Gasteiger partial charge < -0.3 is 19.4 Å². The zero-order valence-corrected chi connectivity index (χ0v) is 21.7. The Morgan fingerprint density at radius 1 is 1.03 bits per heavy atom. The van der Waals surface area contributed by atoms with E-state index in [1.165, 1.54) is 23.1 Å². The van der Waals surface area contributed by atoms with Crippen molar-refractivity contribution in [3.63, 3.8) is 0 Å². The Balaban J connectivity index is 1.58. The summed E-state index contributed by atoms with van der Waals surface area (Å²) in [6.07, 6.45) is 0.393. The van der Waals surface area contributed by atoms with E-state index in [9.17, 15) is 18.8 Å². The van der Waals surface area contributed by atoms with E-state index in [4.69, 9.17) is 16.3 Å². The molecule has 1 aliphatic heterocycles. The Bertz CT molecular complexity index is 1360. The van der Waals surface area contributed by atoms with Crippen molar-refractivity contribution in [1.82, 2.24) is 19.7 Å². The van der Waals surface area contributed by atoms with E-state index in [-0.39, 0.29) is 17.6 Å². The highest BCUT2D eigenvalue weighted by molar-refractivity contribution is 6.35. The molecule has 0 saturated carbocycles. The van der Waals surface area contributed by atoms with Crippen LogP contribution >= 0.6 is 11.6 Å². The molecular formula is C27H28ClFN4O4. The first kappa shape index (κ1) is 26.3. The standard InChI is InChI=1S/C27H28ClFN4O4/c1-4-13-37-27(36)33-11-9-32(10-12-33)25(34)18-5-7-19-21(28)16-23(30-24(19)15-18)17-6-8-22(29)20(14-17)26(35)31(2)3/h5-8,14-16H,4,9-13H2,1-3H3. The van der Waals surface area contributed by atoms with Crippen molar-refractivity contribution in [2.75, 3.05) is 46.9 Å². The Hall–Kier alpha value is -3.72. The molecule has 0 radical (unpaired) electrons. The molecule has 0 unspecified atom stereocenters. The molecule has 0 N–H and O–H groups in total. The van der Waals surface area contributed by atoms with Crippen molar-refractivity contribution in [3.8, 4) is 11.3 Å². The fourth-order valence-electron chi connectivity index (χ4n) is 4.11. The van der Waals surface area contributed by atoms with Crippen molar-refractivity contribution in [1.29, 1.82) is 0 Å². The zero-order chi connectivity index (χ0) is 26.7. The number of piperazine rings is 1. The lowest BCUT2D eigenvalue weighted by Gasteiger charge is -2.34. The van der Waals surface area contributed by atoms with Crippen LogP contribution in [-0.4, -0.2) is 84.5 Å². The van der Waals surface area contributed by atoms with Crippen LogP contribution in [0, 0.1) is 5.82 Å². The SMILES string of the molecule is CCCOC(=O)N1CCN(C(=O)c2ccc3c(Cl)cc(-c4ccc(F)c(C(=O)N(C)C)c4)nc3c2)CC1. The Morgan fingerprint density at radius 2 is 1.73 bits per heavy atom. The van der Waals surface area contributed by atoms with Gasteiger partial charge in [0.2, 0.25) is 0 Å². The minimum atomic E-state index is -0.624. The highest BCUT2D eigenvalue weighted by Gasteiger charge is 2.26. The van der Waals surface area contributed by atoms with Crippen molar-refractivity contribution in [2.45, 2.75) is 13.3 Å². The van der Waals surface area contributed by atoms with Crippen molar-refractivity contribution < 1.29 is 23.5 Å². The maximum atomic E-state index is 14.3. The average Bonchev–Trinajstić information content (AvgIpc) is 2.90. The number of ether oxygens (including phenoxy) is 1. The van der Waals surface area contributed by atoms with Crippen molar-refractivity contribution in [3.05, 3.63) is 64.4 Å². The molecule has 0 aliphatic carbocycles. The summed E-state index contributed by atoms with van der Waals surface area (Å²) >= 11 is 6.52. The van der Waals surface area contributed by atoms with Gasteiger partial charge in [0.15, 0.2) is 0 Å². The van der Waals surface area contributed by atoms with E-state index in [0.29, 0.717) is 65.5 Å². The van der Waals surface area contributed by atoms with Crippen LogP contribution in [0.2, 0.25) is 5.02 Å². The van der Waals surface area contributed by atoms with Gasteiger partial charge in [-0.1, -0.05) is 24.6 Å². The Morgan fingerprint density at radius 3 is 2.41 bits per heavy atom. The number of amides is 3. The average molecular weight is 527 g/mol. The lowest BCUT2D eigenvalue weighted by molar-refractivity contribution is 0.0560. The Labute approximate surface area is 219 Å². The van der Waals surface area contributed by atoms with Gasteiger partial charge in [0, 0.05) is 56.8 Å². The molecule has 10 heteroatoms. The van der Waals surface area contributed by atoms with Gasteiger partial charge in [-0.3, -0.25) is 9.59 Å². The molecule has 0 bridgehead atoms. The number of fused-ring (bicyclic) bond motifs is 1. The minimum Gasteiger partial charge on any atom is -0.449 e. The predicted molar refractivity (Wildman–Crippen MR) is 139 cm³/mol.